The first kappa shape index (κ1) is 13.7. The van der Waals surface area contributed by atoms with Crippen molar-refractivity contribution in [3.63, 3.8) is 0 Å². The van der Waals surface area contributed by atoms with Crippen molar-refractivity contribution in [2.75, 3.05) is 0 Å². The Kier molecular flexibility index (Phi) is 4.41. The average Bonchev–Trinajstić information content (AvgIpc) is 1.79. The van der Waals surface area contributed by atoms with Crippen LogP contribution in [0.5, 0.6) is 0 Å². The van der Waals surface area contributed by atoms with Crippen LogP contribution in [0.2, 0.25) is 0 Å². The molecule has 1 atom stereocenters. The molecule has 14 heavy (non-hydrogen) atoms. The predicted molar refractivity (Wildman–Crippen MR) is 48.5 cm³/mol. The van der Waals surface area contributed by atoms with Gasteiger partial charge in [0.2, 0.25) is 0 Å². The SMILES string of the molecule is CC(C)C[C@H](N)CC(F)(F)S(=O)(=O)O. The van der Waals surface area contributed by atoms with Gasteiger partial charge in [-0.15, -0.1) is 0 Å². The van der Waals surface area contributed by atoms with Gasteiger partial charge in [0.25, 0.3) is 0 Å². The summed E-state index contributed by atoms with van der Waals surface area (Å²) in [5.74, 6) is 0.0993. The fourth-order valence-electron chi connectivity index (χ4n) is 1.10. The second-order valence-corrected chi connectivity index (χ2v) is 5.25. The maximum atomic E-state index is 12.7. The molecule has 0 aliphatic rings. The zero-order valence-electron chi connectivity index (χ0n) is 8.07. The van der Waals surface area contributed by atoms with Gasteiger partial charge in [0.15, 0.2) is 0 Å². The Morgan fingerprint density at radius 3 is 2.14 bits per heavy atom. The second-order valence-electron chi connectivity index (χ2n) is 3.71. The van der Waals surface area contributed by atoms with Crippen LogP contribution >= 0.6 is 0 Å². The van der Waals surface area contributed by atoms with Crippen molar-refractivity contribution in [2.24, 2.45) is 11.7 Å². The number of hydrogen-bond acceptors (Lipinski definition) is 3. The van der Waals surface area contributed by atoms with Crippen LogP contribution in [0.4, 0.5) is 8.78 Å². The molecule has 86 valence electrons. The van der Waals surface area contributed by atoms with Gasteiger partial charge in [-0.05, 0) is 12.3 Å². The van der Waals surface area contributed by atoms with E-state index in [9.17, 15) is 17.2 Å². The van der Waals surface area contributed by atoms with E-state index in [1.807, 2.05) is 0 Å². The van der Waals surface area contributed by atoms with Crippen LogP contribution in [-0.4, -0.2) is 24.3 Å². The molecule has 0 fully saturated rings. The first-order valence-electron chi connectivity index (χ1n) is 4.16. The smallest absolute Gasteiger partial charge is 0.327 e. The van der Waals surface area contributed by atoms with Crippen molar-refractivity contribution < 1.29 is 21.8 Å². The molecule has 0 aliphatic heterocycles. The number of nitrogens with two attached hydrogens (primary N) is 1. The van der Waals surface area contributed by atoms with Gasteiger partial charge in [-0.25, -0.2) is 0 Å². The van der Waals surface area contributed by atoms with Gasteiger partial charge in [-0.2, -0.15) is 17.2 Å². The minimum absolute atomic E-state index is 0.0993. The highest BCUT2D eigenvalue weighted by atomic mass is 32.2. The summed E-state index contributed by atoms with van der Waals surface area (Å²) in [4.78, 5) is 0. The average molecular weight is 231 g/mol. The van der Waals surface area contributed by atoms with Crippen LogP contribution in [0.3, 0.4) is 0 Å². The van der Waals surface area contributed by atoms with E-state index < -0.39 is 27.8 Å². The molecule has 0 bridgehead atoms. The summed E-state index contributed by atoms with van der Waals surface area (Å²) in [7, 11) is -5.35. The Morgan fingerprint density at radius 1 is 1.43 bits per heavy atom. The topological polar surface area (TPSA) is 80.4 Å². The lowest BCUT2D eigenvalue weighted by Gasteiger charge is -2.19. The number of halogens is 2. The lowest BCUT2D eigenvalue weighted by molar-refractivity contribution is 0.0616. The van der Waals surface area contributed by atoms with Crippen molar-refractivity contribution in [1.82, 2.24) is 0 Å². The molecule has 0 heterocycles. The fourth-order valence-corrected chi connectivity index (χ4v) is 1.52. The van der Waals surface area contributed by atoms with Crippen LogP contribution in [0.25, 0.3) is 0 Å². The second kappa shape index (κ2) is 4.50. The van der Waals surface area contributed by atoms with Gasteiger partial charge < -0.3 is 5.73 Å². The van der Waals surface area contributed by atoms with E-state index >= 15 is 0 Å². The summed E-state index contributed by atoms with van der Waals surface area (Å²) >= 11 is 0. The minimum Gasteiger partial charge on any atom is -0.327 e. The Bertz CT molecular complexity index is 277. The standard InChI is InChI=1S/C7H15F2NO3S/c1-5(2)3-6(10)4-7(8,9)14(11,12)13/h5-6H,3-4,10H2,1-2H3,(H,11,12,13)/t6-/m0/s1. The normalized spacial score (nSPS) is 15.9. The molecule has 0 saturated carbocycles. The van der Waals surface area contributed by atoms with E-state index in [0.717, 1.165) is 0 Å². The molecule has 0 rings (SSSR count). The van der Waals surface area contributed by atoms with E-state index in [0.29, 0.717) is 0 Å². The zero-order valence-corrected chi connectivity index (χ0v) is 8.89. The quantitative estimate of drug-likeness (QED) is 0.697. The maximum Gasteiger partial charge on any atom is 0.371 e. The zero-order chi connectivity index (χ0) is 11.6. The molecule has 0 aromatic heterocycles. The molecule has 0 aromatic rings. The molecule has 4 nitrogen and oxygen atoms in total. The van der Waals surface area contributed by atoms with E-state index in [2.05, 4.69) is 0 Å². The van der Waals surface area contributed by atoms with E-state index in [1.165, 1.54) is 0 Å². The van der Waals surface area contributed by atoms with E-state index in [1.54, 1.807) is 13.8 Å². The van der Waals surface area contributed by atoms with Gasteiger partial charge in [0, 0.05) is 12.5 Å². The summed E-state index contributed by atoms with van der Waals surface area (Å²) in [6.07, 6.45) is -0.769. The molecule has 0 aromatic carbocycles. The van der Waals surface area contributed by atoms with Crippen LogP contribution < -0.4 is 5.73 Å². The van der Waals surface area contributed by atoms with Gasteiger partial charge in [0.1, 0.15) is 0 Å². The van der Waals surface area contributed by atoms with Crippen molar-refractivity contribution in [3.05, 3.63) is 0 Å². The molecule has 0 amide bonds. The first-order chi connectivity index (χ1) is 6.06. The van der Waals surface area contributed by atoms with Crippen molar-refractivity contribution >= 4 is 10.1 Å². The third-order valence-electron chi connectivity index (χ3n) is 1.65. The monoisotopic (exact) mass is 231 g/mol. The number of rotatable bonds is 5. The number of alkyl halides is 2. The van der Waals surface area contributed by atoms with Gasteiger partial charge >= 0.3 is 15.4 Å². The summed E-state index contributed by atoms with van der Waals surface area (Å²) < 4.78 is 54.1. The van der Waals surface area contributed by atoms with Crippen LogP contribution in [0.15, 0.2) is 0 Å². The summed E-state index contributed by atoms with van der Waals surface area (Å²) in [6.45, 7) is 3.57. The summed E-state index contributed by atoms with van der Waals surface area (Å²) in [5, 5.41) is -4.15. The molecule has 0 saturated heterocycles. The Hall–Kier alpha value is -0.270. The number of hydrogen-bond donors (Lipinski definition) is 2. The highest BCUT2D eigenvalue weighted by Gasteiger charge is 2.45. The molecule has 0 aliphatic carbocycles. The lowest BCUT2D eigenvalue weighted by Crippen LogP contribution is -2.36. The predicted octanol–water partition coefficient (Wildman–Crippen LogP) is 1.23. The van der Waals surface area contributed by atoms with Crippen molar-refractivity contribution in [1.29, 1.82) is 0 Å². The van der Waals surface area contributed by atoms with E-state index in [4.69, 9.17) is 10.3 Å². The Morgan fingerprint density at radius 2 is 1.86 bits per heavy atom. The molecular formula is C7H15F2NO3S. The van der Waals surface area contributed by atoms with E-state index in [-0.39, 0.29) is 12.3 Å². The fraction of sp³-hybridized carbons (Fsp3) is 1.00. The maximum absolute atomic E-state index is 12.7. The van der Waals surface area contributed by atoms with Crippen molar-refractivity contribution in [2.45, 2.75) is 38.0 Å². The van der Waals surface area contributed by atoms with Crippen molar-refractivity contribution in [3.8, 4) is 0 Å². The third kappa shape index (κ3) is 4.30. The molecule has 0 radical (unpaired) electrons. The summed E-state index contributed by atoms with van der Waals surface area (Å²) in [5.41, 5.74) is 5.30. The first-order valence-corrected chi connectivity index (χ1v) is 5.60. The highest BCUT2D eigenvalue weighted by molar-refractivity contribution is 7.86. The largest absolute Gasteiger partial charge is 0.371 e. The Balaban J connectivity index is 4.38. The molecule has 0 spiro atoms. The van der Waals surface area contributed by atoms with Gasteiger partial charge in [-0.3, -0.25) is 4.55 Å². The van der Waals surface area contributed by atoms with Gasteiger partial charge in [0.05, 0.1) is 0 Å². The highest BCUT2D eigenvalue weighted by Crippen LogP contribution is 2.27. The third-order valence-corrected chi connectivity index (χ3v) is 2.57. The minimum atomic E-state index is -5.35. The molecule has 3 N–H and O–H groups in total. The van der Waals surface area contributed by atoms with Crippen LogP contribution in [0, 0.1) is 5.92 Å². The lowest BCUT2D eigenvalue weighted by atomic mass is 10.0. The molecule has 7 heteroatoms. The molecular weight excluding hydrogens is 216 g/mol. The van der Waals surface area contributed by atoms with Crippen LogP contribution in [-0.2, 0) is 10.1 Å². The molecule has 0 unspecified atom stereocenters. The van der Waals surface area contributed by atoms with Crippen LogP contribution in [0.1, 0.15) is 26.7 Å². The summed E-state index contributed by atoms with van der Waals surface area (Å²) in [6, 6.07) is -0.938. The van der Waals surface area contributed by atoms with Gasteiger partial charge in [-0.1, -0.05) is 13.8 Å². The Labute approximate surface area is 82.2 Å².